The second kappa shape index (κ2) is 8.27. The quantitative estimate of drug-likeness (QED) is 0.651. The fourth-order valence-corrected chi connectivity index (χ4v) is 3.08. The summed E-state index contributed by atoms with van der Waals surface area (Å²) in [6.07, 6.45) is 3.76. The Labute approximate surface area is 149 Å². The average Bonchev–Trinajstić information content (AvgIpc) is 2.61. The zero-order valence-corrected chi connectivity index (χ0v) is 15.5. The van der Waals surface area contributed by atoms with Crippen molar-refractivity contribution in [1.29, 1.82) is 0 Å². The average molecular weight is 342 g/mol. The fraction of sp³-hybridized carbons (Fsp3) is 0.300. The van der Waals surface area contributed by atoms with Crippen LogP contribution < -0.4 is 16.2 Å². The number of aryl methyl sites for hydroxylation is 1. The van der Waals surface area contributed by atoms with Crippen LogP contribution in [0.4, 0.5) is 0 Å². The SMILES string of the molecule is CCCc1ccc(-c2ccc(SNC(C)(C)/C(N)=C/N)cc2)cc1. The Balaban J connectivity index is 2.02. The van der Waals surface area contributed by atoms with Gasteiger partial charge in [-0.3, -0.25) is 0 Å². The molecule has 3 nitrogen and oxygen atoms in total. The first-order chi connectivity index (χ1) is 11.5. The van der Waals surface area contributed by atoms with E-state index in [1.165, 1.54) is 29.3 Å². The van der Waals surface area contributed by atoms with Crippen molar-refractivity contribution in [2.24, 2.45) is 11.5 Å². The van der Waals surface area contributed by atoms with Crippen LogP contribution in [0.15, 0.2) is 65.3 Å². The lowest BCUT2D eigenvalue weighted by molar-refractivity contribution is 0.557. The van der Waals surface area contributed by atoms with Gasteiger partial charge in [0.25, 0.3) is 0 Å². The van der Waals surface area contributed by atoms with E-state index in [4.69, 9.17) is 11.5 Å². The number of benzene rings is 2. The lowest BCUT2D eigenvalue weighted by Gasteiger charge is -2.25. The van der Waals surface area contributed by atoms with Crippen molar-refractivity contribution in [1.82, 2.24) is 4.72 Å². The molecular formula is C20H27N3S. The summed E-state index contributed by atoms with van der Waals surface area (Å²) >= 11 is 1.56. The number of nitrogens with two attached hydrogens (primary N) is 2. The van der Waals surface area contributed by atoms with Crippen molar-refractivity contribution in [3.63, 3.8) is 0 Å². The molecule has 0 atom stereocenters. The molecule has 5 N–H and O–H groups in total. The molecule has 0 saturated carbocycles. The molecule has 128 valence electrons. The number of hydrogen-bond donors (Lipinski definition) is 3. The standard InChI is InChI=1S/C20H27N3S/c1-4-5-15-6-8-16(9-7-15)17-10-12-18(13-11-17)24-23-20(2,3)19(22)14-21/h6-14,23H,4-5,21-22H2,1-3H3/b19-14-. The van der Waals surface area contributed by atoms with Crippen LogP contribution in [-0.4, -0.2) is 5.54 Å². The zero-order valence-electron chi connectivity index (χ0n) is 14.7. The summed E-state index contributed by atoms with van der Waals surface area (Å²) in [4.78, 5) is 1.14. The molecule has 0 aliphatic rings. The van der Waals surface area contributed by atoms with E-state index in [0.717, 1.165) is 11.3 Å². The van der Waals surface area contributed by atoms with Crippen molar-refractivity contribution < 1.29 is 0 Å². The third-order valence-electron chi connectivity index (χ3n) is 4.01. The van der Waals surface area contributed by atoms with Gasteiger partial charge in [0.1, 0.15) is 0 Å². The van der Waals surface area contributed by atoms with Crippen molar-refractivity contribution in [2.45, 2.75) is 44.0 Å². The van der Waals surface area contributed by atoms with Crippen LogP contribution in [0.5, 0.6) is 0 Å². The molecule has 0 saturated heterocycles. The van der Waals surface area contributed by atoms with Crippen LogP contribution >= 0.6 is 11.9 Å². The molecule has 0 bridgehead atoms. The minimum Gasteiger partial charge on any atom is -0.403 e. The van der Waals surface area contributed by atoms with Crippen LogP contribution in [0.3, 0.4) is 0 Å². The van der Waals surface area contributed by atoms with E-state index in [-0.39, 0.29) is 5.54 Å². The molecule has 0 spiro atoms. The fourth-order valence-electron chi connectivity index (χ4n) is 2.32. The molecule has 0 aliphatic carbocycles. The lowest BCUT2D eigenvalue weighted by Crippen LogP contribution is -2.40. The predicted molar refractivity (Wildman–Crippen MR) is 105 cm³/mol. The summed E-state index contributed by atoms with van der Waals surface area (Å²) in [5.41, 5.74) is 15.5. The topological polar surface area (TPSA) is 64.1 Å². The Morgan fingerprint density at radius 3 is 2.08 bits per heavy atom. The first-order valence-corrected chi connectivity index (χ1v) is 9.09. The minimum atomic E-state index is -0.354. The van der Waals surface area contributed by atoms with E-state index in [0.29, 0.717) is 5.70 Å². The van der Waals surface area contributed by atoms with E-state index < -0.39 is 0 Å². The van der Waals surface area contributed by atoms with Gasteiger partial charge in [0.15, 0.2) is 0 Å². The second-order valence-corrected chi connectivity index (χ2v) is 7.30. The summed E-state index contributed by atoms with van der Waals surface area (Å²) in [6.45, 7) is 6.21. The maximum Gasteiger partial charge on any atom is 0.0636 e. The highest BCUT2D eigenvalue weighted by Crippen LogP contribution is 2.25. The molecule has 0 radical (unpaired) electrons. The summed E-state index contributed by atoms with van der Waals surface area (Å²) in [7, 11) is 0. The monoisotopic (exact) mass is 341 g/mol. The maximum absolute atomic E-state index is 5.91. The molecule has 0 unspecified atom stereocenters. The molecule has 0 aliphatic heterocycles. The molecule has 0 heterocycles. The molecule has 2 rings (SSSR count). The maximum atomic E-state index is 5.91. The Hall–Kier alpha value is -1.91. The normalized spacial score (nSPS) is 12.4. The zero-order chi connectivity index (χ0) is 17.6. The summed E-state index contributed by atoms with van der Waals surface area (Å²) in [6, 6.07) is 17.3. The van der Waals surface area contributed by atoms with Gasteiger partial charge in [-0.2, -0.15) is 0 Å². The van der Waals surface area contributed by atoms with Crippen molar-refractivity contribution in [2.75, 3.05) is 0 Å². The van der Waals surface area contributed by atoms with E-state index in [9.17, 15) is 0 Å². The minimum absolute atomic E-state index is 0.354. The van der Waals surface area contributed by atoms with Crippen molar-refractivity contribution in [3.8, 4) is 11.1 Å². The van der Waals surface area contributed by atoms with Gasteiger partial charge in [-0.05, 0) is 61.0 Å². The summed E-state index contributed by atoms with van der Waals surface area (Å²) in [5.74, 6) is 0. The van der Waals surface area contributed by atoms with Crippen LogP contribution in [0, 0.1) is 0 Å². The van der Waals surface area contributed by atoms with Gasteiger partial charge in [-0.1, -0.05) is 49.7 Å². The van der Waals surface area contributed by atoms with Gasteiger partial charge in [-0.25, -0.2) is 4.72 Å². The molecule has 4 heteroatoms. The van der Waals surface area contributed by atoms with Crippen LogP contribution in [0.25, 0.3) is 11.1 Å². The van der Waals surface area contributed by atoms with Gasteiger partial charge < -0.3 is 11.5 Å². The largest absolute Gasteiger partial charge is 0.403 e. The third-order valence-corrected chi connectivity index (χ3v) is 5.13. The molecule has 0 amide bonds. The van der Waals surface area contributed by atoms with Crippen molar-refractivity contribution in [3.05, 3.63) is 66.0 Å². The van der Waals surface area contributed by atoms with E-state index in [2.05, 4.69) is 60.2 Å². The molecule has 2 aromatic carbocycles. The highest BCUT2D eigenvalue weighted by Gasteiger charge is 2.20. The van der Waals surface area contributed by atoms with Gasteiger partial charge >= 0.3 is 0 Å². The Morgan fingerprint density at radius 1 is 1.04 bits per heavy atom. The van der Waals surface area contributed by atoms with Gasteiger partial charge in [-0.15, -0.1) is 0 Å². The molecule has 0 fully saturated rings. The molecule has 24 heavy (non-hydrogen) atoms. The molecule has 0 aromatic heterocycles. The van der Waals surface area contributed by atoms with E-state index in [1.54, 1.807) is 11.9 Å². The second-order valence-electron chi connectivity index (χ2n) is 6.42. The van der Waals surface area contributed by atoms with Gasteiger partial charge in [0.05, 0.1) is 5.54 Å². The highest BCUT2D eigenvalue weighted by atomic mass is 32.2. The molecular weight excluding hydrogens is 314 g/mol. The van der Waals surface area contributed by atoms with Crippen LogP contribution in [0.2, 0.25) is 0 Å². The van der Waals surface area contributed by atoms with Crippen LogP contribution in [0.1, 0.15) is 32.8 Å². The first-order valence-electron chi connectivity index (χ1n) is 8.27. The van der Waals surface area contributed by atoms with E-state index in [1.807, 2.05) is 13.8 Å². The highest BCUT2D eigenvalue weighted by molar-refractivity contribution is 7.97. The van der Waals surface area contributed by atoms with E-state index >= 15 is 0 Å². The van der Waals surface area contributed by atoms with Gasteiger partial charge in [0, 0.05) is 16.8 Å². The summed E-state index contributed by atoms with van der Waals surface area (Å²) < 4.78 is 3.35. The van der Waals surface area contributed by atoms with Crippen molar-refractivity contribution >= 4 is 11.9 Å². The van der Waals surface area contributed by atoms with Crippen LogP contribution in [-0.2, 0) is 6.42 Å². The lowest BCUT2D eigenvalue weighted by atomic mass is 10.0. The first kappa shape index (κ1) is 18.4. The Kier molecular flexibility index (Phi) is 6.35. The Morgan fingerprint density at radius 2 is 1.58 bits per heavy atom. The number of hydrogen-bond acceptors (Lipinski definition) is 4. The third kappa shape index (κ3) is 4.79. The summed E-state index contributed by atoms with van der Waals surface area (Å²) in [5, 5.41) is 0. The predicted octanol–water partition coefficient (Wildman–Crippen LogP) is 4.44. The smallest absolute Gasteiger partial charge is 0.0636 e. The van der Waals surface area contributed by atoms with Gasteiger partial charge in [0.2, 0.25) is 0 Å². The number of rotatable bonds is 7. The molecule has 2 aromatic rings. The number of nitrogens with one attached hydrogen (secondary N) is 1. The Bertz CT molecular complexity index is 673.